The first-order valence-electron chi connectivity index (χ1n) is 12.6. The zero-order valence-corrected chi connectivity index (χ0v) is 21.4. The van der Waals surface area contributed by atoms with Gasteiger partial charge in [0.2, 0.25) is 0 Å². The van der Waals surface area contributed by atoms with Crippen molar-refractivity contribution in [2.45, 2.75) is 51.8 Å². The lowest BCUT2D eigenvalue weighted by Crippen LogP contribution is -2.44. The summed E-state index contributed by atoms with van der Waals surface area (Å²) in [6.45, 7) is 7.04. The van der Waals surface area contributed by atoms with E-state index in [1.807, 2.05) is 48.5 Å². The normalized spacial score (nSPS) is 13.9. The number of hydrogen-bond donors (Lipinski definition) is 4. The Morgan fingerprint density at radius 1 is 1.00 bits per heavy atom. The Balaban J connectivity index is 1.82. The molecular formula is C28H43N3O4. The zero-order valence-electron chi connectivity index (χ0n) is 21.4. The molecule has 3 unspecified atom stereocenters. The monoisotopic (exact) mass is 485 g/mol. The number of aliphatic hydroxyl groups is 1. The molecule has 0 radical (unpaired) electrons. The van der Waals surface area contributed by atoms with Gasteiger partial charge in [0.15, 0.2) is 0 Å². The van der Waals surface area contributed by atoms with E-state index in [0.29, 0.717) is 56.5 Å². The van der Waals surface area contributed by atoms with Crippen LogP contribution in [-0.4, -0.2) is 56.6 Å². The van der Waals surface area contributed by atoms with E-state index in [1.54, 1.807) is 13.2 Å². The maximum absolute atomic E-state index is 12.9. The molecule has 2 rings (SSSR count). The lowest BCUT2D eigenvalue weighted by atomic mass is 9.87. The highest BCUT2D eigenvalue weighted by atomic mass is 16.5. The third-order valence-electron chi connectivity index (χ3n) is 6.19. The second-order valence-electron chi connectivity index (χ2n) is 9.34. The van der Waals surface area contributed by atoms with Crippen molar-refractivity contribution in [2.75, 3.05) is 33.4 Å². The number of rotatable bonds is 17. The van der Waals surface area contributed by atoms with Crippen LogP contribution < -0.4 is 21.1 Å². The average molecular weight is 486 g/mol. The van der Waals surface area contributed by atoms with E-state index in [9.17, 15) is 9.90 Å². The van der Waals surface area contributed by atoms with Gasteiger partial charge in [-0.2, -0.15) is 0 Å². The maximum Gasteiger partial charge on any atom is 0.255 e. The van der Waals surface area contributed by atoms with E-state index in [4.69, 9.17) is 15.2 Å². The van der Waals surface area contributed by atoms with Gasteiger partial charge >= 0.3 is 0 Å². The Morgan fingerprint density at radius 3 is 2.40 bits per heavy atom. The summed E-state index contributed by atoms with van der Waals surface area (Å²) in [6.07, 6.45) is 1.72. The SMILES string of the molecule is COCCCCOc1ccccc1C(=O)NCC(CC(N)C(O)CNCc1ccccc1)C(C)C. The van der Waals surface area contributed by atoms with Crippen LogP contribution in [0.5, 0.6) is 5.75 Å². The summed E-state index contributed by atoms with van der Waals surface area (Å²) in [5, 5.41) is 16.9. The summed E-state index contributed by atoms with van der Waals surface area (Å²) >= 11 is 0. The number of nitrogens with two attached hydrogens (primary N) is 1. The summed E-state index contributed by atoms with van der Waals surface area (Å²) in [5.74, 6) is 0.861. The van der Waals surface area contributed by atoms with Crippen LogP contribution >= 0.6 is 0 Å². The van der Waals surface area contributed by atoms with Crippen molar-refractivity contribution >= 4 is 5.91 Å². The number of ether oxygens (including phenoxy) is 2. The van der Waals surface area contributed by atoms with Gasteiger partial charge in [0, 0.05) is 39.4 Å². The topological polar surface area (TPSA) is 106 Å². The third-order valence-corrected chi connectivity index (χ3v) is 6.19. The number of benzene rings is 2. The quantitative estimate of drug-likeness (QED) is 0.256. The van der Waals surface area contributed by atoms with E-state index < -0.39 is 6.10 Å². The molecule has 0 aliphatic heterocycles. The highest BCUT2D eigenvalue weighted by Gasteiger charge is 2.23. The highest BCUT2D eigenvalue weighted by Crippen LogP contribution is 2.20. The molecule has 7 heteroatoms. The molecule has 0 aliphatic rings. The Labute approximate surface area is 210 Å². The molecule has 3 atom stereocenters. The smallest absolute Gasteiger partial charge is 0.255 e. The number of aliphatic hydroxyl groups excluding tert-OH is 1. The minimum atomic E-state index is -0.664. The fraction of sp³-hybridized carbons (Fsp3) is 0.536. The molecule has 0 aliphatic carbocycles. The summed E-state index contributed by atoms with van der Waals surface area (Å²) in [5.41, 5.74) is 8.02. The molecule has 35 heavy (non-hydrogen) atoms. The lowest BCUT2D eigenvalue weighted by molar-refractivity contribution is 0.0927. The van der Waals surface area contributed by atoms with Crippen molar-refractivity contribution in [3.05, 3.63) is 65.7 Å². The lowest BCUT2D eigenvalue weighted by Gasteiger charge is -2.27. The Bertz CT molecular complexity index is 847. The summed E-state index contributed by atoms with van der Waals surface area (Å²) in [4.78, 5) is 12.9. The predicted molar refractivity (Wildman–Crippen MR) is 140 cm³/mol. The highest BCUT2D eigenvalue weighted by molar-refractivity contribution is 5.96. The molecule has 5 N–H and O–H groups in total. The molecule has 2 aromatic carbocycles. The van der Waals surface area contributed by atoms with Gasteiger partial charge in [-0.15, -0.1) is 0 Å². The predicted octanol–water partition coefficient (Wildman–Crippen LogP) is 3.36. The van der Waals surface area contributed by atoms with E-state index in [2.05, 4.69) is 24.5 Å². The van der Waals surface area contributed by atoms with E-state index >= 15 is 0 Å². The van der Waals surface area contributed by atoms with Gasteiger partial charge in [-0.05, 0) is 48.8 Å². The Kier molecular flexibility index (Phi) is 13.4. The van der Waals surface area contributed by atoms with Gasteiger partial charge in [0.1, 0.15) is 5.75 Å². The van der Waals surface area contributed by atoms with Gasteiger partial charge in [0.05, 0.1) is 18.3 Å². The summed E-state index contributed by atoms with van der Waals surface area (Å²) in [7, 11) is 1.68. The molecule has 2 aromatic rings. The standard InChI is InChI=1S/C28H43N3O4/c1-21(2)23(17-25(29)26(32)20-30-18-22-11-5-4-6-12-22)19-31-28(33)24-13-7-8-14-27(24)35-16-10-9-15-34-3/h4-8,11-14,21,23,25-26,30,32H,9-10,15-20,29H2,1-3H3,(H,31,33). The Hall–Kier alpha value is -2.45. The number of carbonyl (C=O) groups excluding carboxylic acids is 1. The summed E-state index contributed by atoms with van der Waals surface area (Å²) in [6, 6.07) is 17.0. The number of amides is 1. The van der Waals surface area contributed by atoms with Gasteiger partial charge in [-0.1, -0.05) is 56.3 Å². The van der Waals surface area contributed by atoms with Crippen LogP contribution in [0.2, 0.25) is 0 Å². The second kappa shape index (κ2) is 16.3. The number of carbonyl (C=O) groups is 1. The fourth-order valence-corrected chi connectivity index (χ4v) is 3.84. The van der Waals surface area contributed by atoms with Crippen molar-refractivity contribution in [3.8, 4) is 5.75 Å². The molecule has 7 nitrogen and oxygen atoms in total. The molecule has 1 amide bonds. The number of nitrogens with one attached hydrogen (secondary N) is 2. The fourth-order valence-electron chi connectivity index (χ4n) is 3.84. The average Bonchev–Trinajstić information content (AvgIpc) is 2.86. The van der Waals surface area contributed by atoms with Crippen LogP contribution in [0.25, 0.3) is 0 Å². The van der Waals surface area contributed by atoms with Crippen LogP contribution in [0.3, 0.4) is 0 Å². The molecule has 0 aromatic heterocycles. The van der Waals surface area contributed by atoms with Crippen LogP contribution in [-0.2, 0) is 11.3 Å². The first-order valence-corrected chi connectivity index (χ1v) is 12.6. The van der Waals surface area contributed by atoms with E-state index in [0.717, 1.165) is 18.4 Å². The number of methoxy groups -OCH3 is 1. The molecule has 194 valence electrons. The molecule has 0 spiro atoms. The van der Waals surface area contributed by atoms with Gasteiger partial charge in [-0.3, -0.25) is 4.79 Å². The van der Waals surface area contributed by atoms with Gasteiger partial charge < -0.3 is 30.9 Å². The van der Waals surface area contributed by atoms with E-state index in [-0.39, 0.29) is 17.9 Å². The van der Waals surface area contributed by atoms with E-state index in [1.165, 1.54) is 0 Å². The molecule has 0 saturated heterocycles. The van der Waals surface area contributed by atoms with Crippen molar-refractivity contribution in [2.24, 2.45) is 17.6 Å². The van der Waals surface area contributed by atoms with Gasteiger partial charge in [0.25, 0.3) is 5.91 Å². The third kappa shape index (κ3) is 10.8. The minimum absolute atomic E-state index is 0.139. The molecule has 0 saturated carbocycles. The van der Waals surface area contributed by atoms with Crippen LogP contribution in [0, 0.1) is 11.8 Å². The molecule has 0 bridgehead atoms. The number of hydrogen-bond acceptors (Lipinski definition) is 6. The molecule has 0 fully saturated rings. The number of unbranched alkanes of at least 4 members (excludes halogenated alkanes) is 1. The van der Waals surface area contributed by atoms with Crippen LogP contribution in [0.1, 0.15) is 49.0 Å². The Morgan fingerprint density at radius 2 is 1.69 bits per heavy atom. The molecule has 0 heterocycles. The van der Waals surface area contributed by atoms with Crippen LogP contribution in [0.4, 0.5) is 0 Å². The number of para-hydroxylation sites is 1. The van der Waals surface area contributed by atoms with Gasteiger partial charge in [-0.25, -0.2) is 0 Å². The van der Waals surface area contributed by atoms with Crippen LogP contribution in [0.15, 0.2) is 54.6 Å². The van der Waals surface area contributed by atoms with Crippen molar-refractivity contribution < 1.29 is 19.4 Å². The first-order chi connectivity index (χ1) is 16.9. The van der Waals surface area contributed by atoms with Crippen molar-refractivity contribution in [1.29, 1.82) is 0 Å². The minimum Gasteiger partial charge on any atom is -0.493 e. The summed E-state index contributed by atoms with van der Waals surface area (Å²) < 4.78 is 10.9. The zero-order chi connectivity index (χ0) is 25.5. The van der Waals surface area contributed by atoms with Crippen molar-refractivity contribution in [3.63, 3.8) is 0 Å². The first kappa shape index (κ1) is 28.8. The van der Waals surface area contributed by atoms with Crippen molar-refractivity contribution in [1.82, 2.24) is 10.6 Å². The second-order valence-corrected chi connectivity index (χ2v) is 9.34. The largest absolute Gasteiger partial charge is 0.493 e. The molecular weight excluding hydrogens is 442 g/mol. The maximum atomic E-state index is 12.9.